The van der Waals surface area contributed by atoms with Crippen molar-refractivity contribution >= 4 is 23.3 Å². The van der Waals surface area contributed by atoms with E-state index < -0.39 is 0 Å². The lowest BCUT2D eigenvalue weighted by atomic mass is 10.1. The first-order valence-corrected chi connectivity index (χ1v) is 6.64. The maximum atomic E-state index is 12.4. The minimum Gasteiger partial charge on any atom is -0.382 e. The van der Waals surface area contributed by atoms with Gasteiger partial charge in [0.05, 0.1) is 10.6 Å². The van der Waals surface area contributed by atoms with E-state index in [1.165, 1.54) is 6.20 Å². The highest BCUT2D eigenvalue weighted by Gasteiger charge is 2.34. The summed E-state index contributed by atoms with van der Waals surface area (Å²) >= 11 is 5.91. The Bertz CT molecular complexity index is 492. The van der Waals surface area contributed by atoms with Crippen molar-refractivity contribution in [2.75, 3.05) is 32.9 Å². The Labute approximate surface area is 118 Å². The molecule has 0 spiro atoms. The normalized spacial score (nSPS) is 23.1. The van der Waals surface area contributed by atoms with E-state index >= 15 is 0 Å². The molecule has 1 aliphatic heterocycles. The summed E-state index contributed by atoms with van der Waals surface area (Å²) in [5.41, 5.74) is 6.04. The van der Waals surface area contributed by atoms with E-state index in [2.05, 4.69) is 16.8 Å². The number of rotatable bonds is 2. The maximum Gasteiger partial charge on any atom is 0.255 e. The molecule has 1 fully saturated rings. The number of nitrogens with two attached hydrogens (primary N) is 1. The summed E-state index contributed by atoms with van der Waals surface area (Å²) in [5.74, 6) is 0.668. The first-order chi connectivity index (χ1) is 8.90. The van der Waals surface area contributed by atoms with Crippen LogP contribution in [0, 0.1) is 5.92 Å². The standard InChI is InChI=1S/C13H19ClN4O/c1-8-6-18(7-11(8)17(2)3)13(19)9-4-10(14)12(15)16-5-9/h4-5,8,11H,6-7H2,1-3H3,(H2,15,16). The number of amides is 1. The summed E-state index contributed by atoms with van der Waals surface area (Å²) in [5, 5.41) is 0.322. The van der Waals surface area contributed by atoms with Gasteiger partial charge in [-0.1, -0.05) is 18.5 Å². The lowest BCUT2D eigenvalue weighted by Gasteiger charge is -2.22. The van der Waals surface area contributed by atoms with Gasteiger partial charge in [0.25, 0.3) is 5.91 Å². The van der Waals surface area contributed by atoms with Crippen LogP contribution >= 0.6 is 11.6 Å². The Morgan fingerprint density at radius 2 is 2.21 bits per heavy atom. The third-order valence-corrected chi connectivity index (χ3v) is 3.94. The second-order valence-corrected chi connectivity index (χ2v) is 5.72. The Morgan fingerprint density at radius 1 is 1.53 bits per heavy atom. The van der Waals surface area contributed by atoms with Crippen molar-refractivity contribution in [1.29, 1.82) is 0 Å². The van der Waals surface area contributed by atoms with Crippen molar-refractivity contribution in [2.45, 2.75) is 13.0 Å². The van der Waals surface area contributed by atoms with Gasteiger partial charge < -0.3 is 15.5 Å². The summed E-state index contributed by atoms with van der Waals surface area (Å²) in [7, 11) is 4.08. The fourth-order valence-electron chi connectivity index (χ4n) is 2.54. The number of carbonyl (C=O) groups is 1. The lowest BCUT2D eigenvalue weighted by molar-refractivity contribution is 0.0781. The van der Waals surface area contributed by atoms with Gasteiger partial charge in [0.15, 0.2) is 0 Å². The number of halogens is 1. The van der Waals surface area contributed by atoms with Crippen LogP contribution in [0.15, 0.2) is 12.3 Å². The van der Waals surface area contributed by atoms with E-state index in [4.69, 9.17) is 17.3 Å². The summed E-state index contributed by atoms with van der Waals surface area (Å²) in [6.07, 6.45) is 1.48. The lowest BCUT2D eigenvalue weighted by Crippen LogP contribution is -2.35. The first-order valence-electron chi connectivity index (χ1n) is 6.27. The number of nitrogen functional groups attached to an aromatic ring is 1. The fraction of sp³-hybridized carbons (Fsp3) is 0.538. The van der Waals surface area contributed by atoms with Gasteiger partial charge in [-0.05, 0) is 26.1 Å². The van der Waals surface area contributed by atoms with Gasteiger partial charge in [-0.25, -0.2) is 4.98 Å². The molecule has 2 rings (SSSR count). The molecule has 2 N–H and O–H groups in total. The highest BCUT2D eigenvalue weighted by molar-refractivity contribution is 6.33. The summed E-state index contributed by atoms with van der Waals surface area (Å²) in [6.45, 7) is 3.64. The number of carbonyl (C=O) groups excluding carboxylic acids is 1. The van der Waals surface area contributed by atoms with Gasteiger partial charge in [-0.2, -0.15) is 0 Å². The third-order valence-electron chi connectivity index (χ3n) is 3.64. The van der Waals surface area contributed by atoms with Crippen LogP contribution in [0.4, 0.5) is 5.82 Å². The molecule has 0 aromatic carbocycles. The molecule has 1 aromatic rings. The SMILES string of the molecule is CC1CN(C(=O)c2cnc(N)c(Cl)c2)CC1N(C)C. The highest BCUT2D eigenvalue weighted by Crippen LogP contribution is 2.23. The maximum absolute atomic E-state index is 12.4. The van der Waals surface area contributed by atoms with E-state index in [-0.39, 0.29) is 11.7 Å². The largest absolute Gasteiger partial charge is 0.382 e. The number of pyridine rings is 1. The second-order valence-electron chi connectivity index (χ2n) is 5.31. The van der Waals surface area contributed by atoms with Crippen LogP contribution in [0.2, 0.25) is 5.02 Å². The number of hydrogen-bond donors (Lipinski definition) is 1. The molecular formula is C13H19ClN4O. The minimum absolute atomic E-state index is 0.0365. The molecule has 2 unspecified atom stereocenters. The van der Waals surface area contributed by atoms with Crippen LogP contribution in [-0.4, -0.2) is 53.9 Å². The Morgan fingerprint density at radius 3 is 2.74 bits per heavy atom. The van der Waals surface area contributed by atoms with Crippen LogP contribution in [-0.2, 0) is 0 Å². The van der Waals surface area contributed by atoms with Crippen molar-refractivity contribution in [1.82, 2.24) is 14.8 Å². The van der Waals surface area contributed by atoms with Crippen LogP contribution in [0.3, 0.4) is 0 Å². The van der Waals surface area contributed by atoms with Gasteiger partial charge in [0.2, 0.25) is 0 Å². The Balaban J connectivity index is 2.15. The molecule has 2 atom stereocenters. The molecule has 1 amide bonds. The van der Waals surface area contributed by atoms with Crippen molar-refractivity contribution < 1.29 is 4.79 Å². The summed E-state index contributed by atoms with van der Waals surface area (Å²) in [4.78, 5) is 20.3. The van der Waals surface area contributed by atoms with Crippen LogP contribution in [0.1, 0.15) is 17.3 Å². The number of anilines is 1. The van der Waals surface area contributed by atoms with Crippen molar-refractivity contribution in [3.63, 3.8) is 0 Å². The van der Waals surface area contributed by atoms with Gasteiger partial charge in [0.1, 0.15) is 5.82 Å². The molecule has 0 saturated carbocycles. The smallest absolute Gasteiger partial charge is 0.255 e. The van der Waals surface area contributed by atoms with E-state index in [0.29, 0.717) is 22.5 Å². The van der Waals surface area contributed by atoms with Gasteiger partial charge >= 0.3 is 0 Å². The van der Waals surface area contributed by atoms with Crippen LogP contribution in [0.5, 0.6) is 0 Å². The Kier molecular flexibility index (Phi) is 3.96. The molecule has 1 saturated heterocycles. The fourth-order valence-corrected chi connectivity index (χ4v) is 2.70. The Hall–Kier alpha value is -1.33. The highest BCUT2D eigenvalue weighted by atomic mass is 35.5. The summed E-state index contributed by atoms with van der Waals surface area (Å²) in [6, 6.07) is 1.97. The topological polar surface area (TPSA) is 62.5 Å². The van der Waals surface area contributed by atoms with Crippen LogP contribution < -0.4 is 5.73 Å². The van der Waals surface area contributed by atoms with Crippen LogP contribution in [0.25, 0.3) is 0 Å². The monoisotopic (exact) mass is 282 g/mol. The van der Waals surface area contributed by atoms with E-state index in [0.717, 1.165) is 13.1 Å². The number of hydrogen-bond acceptors (Lipinski definition) is 4. The molecule has 6 heteroatoms. The average Bonchev–Trinajstić information content (AvgIpc) is 2.74. The number of likely N-dealkylation sites (tertiary alicyclic amines) is 1. The van der Waals surface area contributed by atoms with Gasteiger partial charge in [0, 0.05) is 25.3 Å². The predicted octanol–water partition coefficient (Wildman–Crippen LogP) is 1.34. The zero-order valence-electron chi connectivity index (χ0n) is 11.4. The molecule has 0 radical (unpaired) electrons. The van der Waals surface area contributed by atoms with E-state index in [9.17, 15) is 4.79 Å². The van der Waals surface area contributed by atoms with E-state index in [1.807, 2.05) is 19.0 Å². The van der Waals surface area contributed by atoms with Crippen molar-refractivity contribution in [3.8, 4) is 0 Å². The molecule has 1 aliphatic rings. The number of likely N-dealkylation sites (N-methyl/N-ethyl adjacent to an activating group) is 1. The molecule has 1 aromatic heterocycles. The number of aromatic nitrogens is 1. The zero-order chi connectivity index (χ0) is 14.2. The molecule has 19 heavy (non-hydrogen) atoms. The zero-order valence-corrected chi connectivity index (χ0v) is 12.2. The average molecular weight is 283 g/mol. The van der Waals surface area contributed by atoms with Crippen molar-refractivity contribution in [3.05, 3.63) is 22.8 Å². The van der Waals surface area contributed by atoms with Gasteiger partial charge in [-0.15, -0.1) is 0 Å². The van der Waals surface area contributed by atoms with Gasteiger partial charge in [-0.3, -0.25) is 4.79 Å². The molecular weight excluding hydrogens is 264 g/mol. The molecule has 5 nitrogen and oxygen atoms in total. The van der Waals surface area contributed by atoms with E-state index in [1.54, 1.807) is 6.07 Å². The first kappa shape index (κ1) is 14.1. The summed E-state index contributed by atoms with van der Waals surface area (Å²) < 4.78 is 0. The minimum atomic E-state index is -0.0365. The third kappa shape index (κ3) is 2.82. The number of nitrogens with zero attached hydrogens (tertiary/aromatic N) is 3. The quantitative estimate of drug-likeness (QED) is 0.889. The molecule has 104 valence electrons. The predicted molar refractivity (Wildman–Crippen MR) is 76.2 cm³/mol. The second kappa shape index (κ2) is 5.35. The van der Waals surface area contributed by atoms with Crippen molar-refractivity contribution in [2.24, 2.45) is 5.92 Å². The molecule has 0 aliphatic carbocycles. The molecule has 0 bridgehead atoms. The molecule has 2 heterocycles.